The topological polar surface area (TPSA) is 55.4 Å². The second kappa shape index (κ2) is 6.81. The van der Waals surface area contributed by atoms with Gasteiger partial charge in [0.1, 0.15) is 11.4 Å². The van der Waals surface area contributed by atoms with Crippen LogP contribution in [0.1, 0.15) is 48.1 Å². The van der Waals surface area contributed by atoms with Gasteiger partial charge in [0.15, 0.2) is 0 Å². The highest BCUT2D eigenvalue weighted by Crippen LogP contribution is 2.45. The van der Waals surface area contributed by atoms with Crippen molar-refractivity contribution in [2.45, 2.75) is 45.3 Å². The maximum absolute atomic E-state index is 12.5. The van der Waals surface area contributed by atoms with Crippen LogP contribution in [0.25, 0.3) is 0 Å². The van der Waals surface area contributed by atoms with Crippen molar-refractivity contribution in [3.63, 3.8) is 0 Å². The zero-order valence-corrected chi connectivity index (χ0v) is 14.8. The van der Waals surface area contributed by atoms with E-state index in [1.54, 1.807) is 0 Å². The van der Waals surface area contributed by atoms with Crippen molar-refractivity contribution in [3.05, 3.63) is 64.7 Å². The maximum atomic E-state index is 12.5. The van der Waals surface area contributed by atoms with E-state index in [9.17, 15) is 9.59 Å². The number of carbonyl (C=O) groups is 2. The number of nitrogens with one attached hydrogen (secondary N) is 1. The predicted molar refractivity (Wildman–Crippen MR) is 97.5 cm³/mol. The molecule has 1 aliphatic rings. The number of hydrogen-bond acceptors (Lipinski definition) is 3. The van der Waals surface area contributed by atoms with Crippen LogP contribution in [-0.4, -0.2) is 12.2 Å². The summed E-state index contributed by atoms with van der Waals surface area (Å²) >= 11 is 0. The van der Waals surface area contributed by atoms with Crippen LogP contribution < -0.4 is 5.32 Å². The number of rotatable bonds is 4. The van der Waals surface area contributed by atoms with Crippen molar-refractivity contribution in [1.29, 1.82) is 0 Å². The van der Waals surface area contributed by atoms with Crippen molar-refractivity contribution in [2.24, 2.45) is 0 Å². The molecule has 4 heteroatoms. The summed E-state index contributed by atoms with van der Waals surface area (Å²) in [4.78, 5) is 23.6. The lowest BCUT2D eigenvalue weighted by atomic mass is 9.82. The lowest BCUT2D eigenvalue weighted by molar-refractivity contribution is -0.155. The van der Waals surface area contributed by atoms with Gasteiger partial charge in [-0.05, 0) is 31.9 Å². The van der Waals surface area contributed by atoms with Crippen LogP contribution in [0.15, 0.2) is 42.5 Å². The number of Topliss-reactive ketones (excluding diaryl/α,β-unsaturated/α-hetero) is 1. The molecule has 0 radical (unpaired) electrons. The number of benzene rings is 2. The van der Waals surface area contributed by atoms with E-state index >= 15 is 0 Å². The van der Waals surface area contributed by atoms with E-state index in [1.165, 1.54) is 0 Å². The standard InChI is InChI=1S/C21H23NO3/c1-14-9-15(2)20(22-13-23)18(10-14)21(3)12-17(24)11-19(25-21)16-7-5-4-6-8-16/h4-10,13,19H,11-12H2,1-3H3,(H,22,23)/t19-,21+/m1/s1. The number of hydrogen-bond donors (Lipinski definition) is 1. The fraction of sp³-hybridized carbons (Fsp3) is 0.333. The summed E-state index contributed by atoms with van der Waals surface area (Å²) in [6.07, 6.45) is 1.06. The van der Waals surface area contributed by atoms with Gasteiger partial charge in [-0.15, -0.1) is 0 Å². The number of aryl methyl sites for hydroxylation is 2. The number of carbonyl (C=O) groups excluding carboxylic acids is 2. The fourth-order valence-electron chi connectivity index (χ4n) is 3.70. The molecule has 1 fully saturated rings. The Labute approximate surface area is 148 Å². The summed E-state index contributed by atoms with van der Waals surface area (Å²) in [6.45, 7) is 5.89. The highest BCUT2D eigenvalue weighted by atomic mass is 16.5. The third kappa shape index (κ3) is 3.49. The second-order valence-corrected chi connectivity index (χ2v) is 6.93. The van der Waals surface area contributed by atoms with Gasteiger partial charge in [0.05, 0.1) is 6.10 Å². The Hall–Kier alpha value is -2.46. The first-order chi connectivity index (χ1) is 11.9. The minimum Gasteiger partial charge on any atom is -0.362 e. The third-order valence-corrected chi connectivity index (χ3v) is 4.77. The summed E-state index contributed by atoms with van der Waals surface area (Å²) in [6, 6.07) is 13.8. The molecule has 0 spiro atoms. The van der Waals surface area contributed by atoms with Crippen LogP contribution in [0.2, 0.25) is 0 Å². The van der Waals surface area contributed by atoms with Crippen LogP contribution >= 0.6 is 0 Å². The van der Waals surface area contributed by atoms with Gasteiger partial charge in [-0.25, -0.2) is 0 Å². The Balaban J connectivity index is 2.06. The Morgan fingerprint density at radius 3 is 2.60 bits per heavy atom. The van der Waals surface area contributed by atoms with Gasteiger partial charge in [0.2, 0.25) is 6.41 Å². The van der Waals surface area contributed by atoms with E-state index in [2.05, 4.69) is 5.32 Å². The molecule has 0 saturated carbocycles. The highest BCUT2D eigenvalue weighted by Gasteiger charge is 2.41. The smallest absolute Gasteiger partial charge is 0.211 e. The van der Waals surface area contributed by atoms with E-state index in [0.717, 1.165) is 27.9 Å². The van der Waals surface area contributed by atoms with Gasteiger partial charge in [0.25, 0.3) is 0 Å². The molecule has 0 bridgehead atoms. The SMILES string of the molecule is Cc1cc(C)c(NC=O)c([C@]2(C)CC(=O)C[C@H](c3ccccc3)O2)c1. The molecule has 0 aliphatic carbocycles. The molecular weight excluding hydrogens is 314 g/mol. The number of ketones is 1. The second-order valence-electron chi connectivity index (χ2n) is 6.93. The van der Waals surface area contributed by atoms with Gasteiger partial charge in [-0.1, -0.05) is 48.0 Å². The Kier molecular flexibility index (Phi) is 4.73. The van der Waals surface area contributed by atoms with Gasteiger partial charge in [0, 0.05) is 24.1 Å². The summed E-state index contributed by atoms with van der Waals surface area (Å²) < 4.78 is 6.44. The molecule has 130 valence electrons. The zero-order valence-electron chi connectivity index (χ0n) is 14.8. The van der Waals surface area contributed by atoms with Crippen molar-refractivity contribution in [2.75, 3.05) is 5.32 Å². The van der Waals surface area contributed by atoms with Gasteiger partial charge in [-0.3, -0.25) is 9.59 Å². The first-order valence-corrected chi connectivity index (χ1v) is 8.49. The van der Waals surface area contributed by atoms with E-state index in [0.29, 0.717) is 19.3 Å². The Bertz CT molecular complexity index is 800. The molecule has 1 aliphatic heterocycles. The van der Waals surface area contributed by atoms with Crippen LogP contribution in [0.3, 0.4) is 0 Å². The molecular formula is C21H23NO3. The molecule has 1 N–H and O–H groups in total. The quantitative estimate of drug-likeness (QED) is 0.850. The predicted octanol–water partition coefficient (Wildman–Crippen LogP) is 4.21. The molecule has 3 rings (SSSR count). The number of anilines is 1. The summed E-state index contributed by atoms with van der Waals surface area (Å²) in [7, 11) is 0. The van der Waals surface area contributed by atoms with E-state index < -0.39 is 5.60 Å². The Morgan fingerprint density at radius 2 is 1.92 bits per heavy atom. The molecule has 2 atom stereocenters. The summed E-state index contributed by atoms with van der Waals surface area (Å²) in [5.41, 5.74) is 3.83. The normalized spacial score (nSPS) is 23.3. The molecule has 4 nitrogen and oxygen atoms in total. The fourth-order valence-corrected chi connectivity index (χ4v) is 3.70. The Morgan fingerprint density at radius 1 is 1.20 bits per heavy atom. The lowest BCUT2D eigenvalue weighted by Crippen LogP contribution is -2.37. The molecule has 0 unspecified atom stereocenters. The average molecular weight is 337 g/mol. The van der Waals surface area contributed by atoms with Crippen molar-refractivity contribution < 1.29 is 14.3 Å². The average Bonchev–Trinajstić information content (AvgIpc) is 2.57. The highest BCUT2D eigenvalue weighted by molar-refractivity contribution is 5.83. The summed E-state index contributed by atoms with van der Waals surface area (Å²) in [5.74, 6) is 0.166. The minimum atomic E-state index is -0.780. The van der Waals surface area contributed by atoms with Gasteiger partial charge >= 0.3 is 0 Å². The lowest BCUT2D eigenvalue weighted by Gasteiger charge is -2.40. The summed E-state index contributed by atoms with van der Waals surface area (Å²) in [5, 5.41) is 2.79. The van der Waals surface area contributed by atoms with E-state index in [1.807, 2.05) is 63.2 Å². The third-order valence-electron chi connectivity index (χ3n) is 4.77. The van der Waals surface area contributed by atoms with Gasteiger partial charge in [-0.2, -0.15) is 0 Å². The molecule has 1 amide bonds. The largest absolute Gasteiger partial charge is 0.362 e. The first kappa shape index (κ1) is 17.4. The van der Waals surface area contributed by atoms with Crippen LogP contribution in [0.4, 0.5) is 5.69 Å². The monoisotopic (exact) mass is 337 g/mol. The number of amides is 1. The van der Waals surface area contributed by atoms with E-state index in [4.69, 9.17) is 4.74 Å². The molecule has 2 aromatic rings. The van der Waals surface area contributed by atoms with Crippen molar-refractivity contribution in [1.82, 2.24) is 0 Å². The van der Waals surface area contributed by atoms with Crippen molar-refractivity contribution >= 4 is 17.9 Å². The maximum Gasteiger partial charge on any atom is 0.211 e. The molecule has 25 heavy (non-hydrogen) atoms. The molecule has 1 heterocycles. The van der Waals surface area contributed by atoms with Crippen LogP contribution in [-0.2, 0) is 19.9 Å². The first-order valence-electron chi connectivity index (χ1n) is 8.49. The van der Waals surface area contributed by atoms with E-state index in [-0.39, 0.29) is 11.9 Å². The molecule has 2 aromatic carbocycles. The zero-order chi connectivity index (χ0) is 18.0. The number of ether oxygens (including phenoxy) is 1. The van der Waals surface area contributed by atoms with Crippen LogP contribution in [0, 0.1) is 13.8 Å². The van der Waals surface area contributed by atoms with Crippen molar-refractivity contribution in [3.8, 4) is 0 Å². The van der Waals surface area contributed by atoms with Gasteiger partial charge < -0.3 is 10.1 Å². The molecule has 0 aromatic heterocycles. The molecule has 1 saturated heterocycles. The minimum absolute atomic E-state index is 0.166. The van der Waals surface area contributed by atoms with Crippen LogP contribution in [0.5, 0.6) is 0 Å².